The molecule has 1 aromatic carbocycles. The summed E-state index contributed by atoms with van der Waals surface area (Å²) in [7, 11) is -3.74. The Bertz CT molecular complexity index is 1130. The van der Waals surface area contributed by atoms with Crippen LogP contribution in [0.5, 0.6) is 0 Å². The Morgan fingerprint density at radius 3 is 2.50 bits per heavy atom. The molecule has 0 spiro atoms. The highest BCUT2D eigenvalue weighted by Crippen LogP contribution is 2.23. The molecule has 2 aromatic heterocycles. The summed E-state index contributed by atoms with van der Waals surface area (Å²) < 4.78 is 28.8. The molecule has 0 saturated heterocycles. The normalized spacial score (nSPS) is 13.9. The fourth-order valence-corrected chi connectivity index (χ4v) is 5.04. The number of benzene rings is 1. The van der Waals surface area contributed by atoms with Gasteiger partial charge in [0.05, 0.1) is 5.69 Å². The molecule has 0 amide bonds. The minimum atomic E-state index is -3.74. The maximum atomic E-state index is 13.0. The number of anilines is 1. The standard InChI is InChI=1S/C20H22N4O3S/c1-2-23(15-8-4-3-5-9-15)28(26,27)16-12-13-19(21-14-16)24-20(25)17-10-6-7-11-18(17)22-24/h3-5,8-9,12-14,22H,2,6-7,10-11H2,1H3. The van der Waals surface area contributed by atoms with Gasteiger partial charge >= 0.3 is 0 Å². The summed E-state index contributed by atoms with van der Waals surface area (Å²) in [5, 5.41) is 3.12. The smallest absolute Gasteiger partial charge is 0.276 e. The quantitative estimate of drug-likeness (QED) is 0.716. The second-order valence-electron chi connectivity index (χ2n) is 6.77. The highest BCUT2D eigenvalue weighted by atomic mass is 32.2. The lowest BCUT2D eigenvalue weighted by molar-refractivity contribution is 0.591. The number of hydrogen-bond acceptors (Lipinski definition) is 4. The fourth-order valence-electron chi connectivity index (χ4n) is 3.62. The maximum absolute atomic E-state index is 13.0. The lowest BCUT2D eigenvalue weighted by Crippen LogP contribution is -2.30. The lowest BCUT2D eigenvalue weighted by Gasteiger charge is -2.22. The SMILES string of the molecule is CCN(c1ccccc1)S(=O)(=O)c1ccc(-n2[nH]c3c(c2=O)CCCC3)nc1. The Morgan fingerprint density at radius 2 is 1.86 bits per heavy atom. The van der Waals surface area contributed by atoms with Crippen LogP contribution in [0.25, 0.3) is 5.82 Å². The Morgan fingerprint density at radius 1 is 1.11 bits per heavy atom. The Labute approximate surface area is 163 Å². The van der Waals surface area contributed by atoms with Crippen molar-refractivity contribution in [2.75, 3.05) is 10.8 Å². The molecular weight excluding hydrogens is 376 g/mol. The number of aromatic amines is 1. The highest BCUT2D eigenvalue weighted by Gasteiger charge is 2.24. The van der Waals surface area contributed by atoms with Crippen molar-refractivity contribution in [1.29, 1.82) is 0 Å². The van der Waals surface area contributed by atoms with E-state index in [2.05, 4.69) is 10.1 Å². The summed E-state index contributed by atoms with van der Waals surface area (Å²) in [6.07, 6.45) is 5.00. The van der Waals surface area contributed by atoms with Gasteiger partial charge in [-0.1, -0.05) is 18.2 Å². The van der Waals surface area contributed by atoms with E-state index in [0.717, 1.165) is 36.9 Å². The molecule has 1 aliphatic carbocycles. The van der Waals surface area contributed by atoms with Crippen molar-refractivity contribution >= 4 is 15.7 Å². The second kappa shape index (κ2) is 7.27. The van der Waals surface area contributed by atoms with Gasteiger partial charge in [0.2, 0.25) is 0 Å². The molecule has 0 atom stereocenters. The molecule has 2 heterocycles. The number of hydrogen-bond donors (Lipinski definition) is 1. The number of sulfonamides is 1. The number of aryl methyl sites for hydroxylation is 1. The molecule has 28 heavy (non-hydrogen) atoms. The first-order valence-electron chi connectivity index (χ1n) is 9.39. The van der Waals surface area contributed by atoms with E-state index in [0.29, 0.717) is 18.1 Å². The number of nitrogens with zero attached hydrogens (tertiary/aromatic N) is 3. The van der Waals surface area contributed by atoms with Crippen molar-refractivity contribution in [2.45, 2.75) is 37.5 Å². The molecule has 3 aromatic rings. The van der Waals surface area contributed by atoms with Crippen LogP contribution >= 0.6 is 0 Å². The van der Waals surface area contributed by atoms with Crippen LogP contribution in [-0.2, 0) is 22.9 Å². The molecule has 0 fully saturated rings. The third-order valence-corrected chi connectivity index (χ3v) is 6.93. The zero-order chi connectivity index (χ0) is 19.7. The minimum Gasteiger partial charge on any atom is -0.293 e. The highest BCUT2D eigenvalue weighted by molar-refractivity contribution is 7.92. The van der Waals surface area contributed by atoms with Crippen molar-refractivity contribution in [3.63, 3.8) is 0 Å². The number of pyridine rings is 1. The summed E-state index contributed by atoms with van der Waals surface area (Å²) in [5.41, 5.74) is 2.27. The molecule has 0 bridgehead atoms. The summed E-state index contributed by atoms with van der Waals surface area (Å²) >= 11 is 0. The van der Waals surface area contributed by atoms with E-state index < -0.39 is 10.0 Å². The summed E-state index contributed by atoms with van der Waals surface area (Å²) in [5.74, 6) is 0.390. The zero-order valence-corrected chi connectivity index (χ0v) is 16.4. The topological polar surface area (TPSA) is 88.1 Å². The second-order valence-corrected chi connectivity index (χ2v) is 8.64. The van der Waals surface area contributed by atoms with Crippen molar-refractivity contribution in [1.82, 2.24) is 14.8 Å². The van der Waals surface area contributed by atoms with Crippen molar-refractivity contribution in [2.24, 2.45) is 0 Å². The third-order valence-electron chi connectivity index (χ3n) is 5.05. The first kappa shape index (κ1) is 18.5. The van der Waals surface area contributed by atoms with Crippen LogP contribution in [0.15, 0.2) is 58.4 Å². The van der Waals surface area contributed by atoms with E-state index >= 15 is 0 Å². The van der Waals surface area contributed by atoms with E-state index in [1.54, 1.807) is 37.3 Å². The molecule has 1 N–H and O–H groups in total. The van der Waals surface area contributed by atoms with Gasteiger partial charge in [0.15, 0.2) is 5.82 Å². The average molecular weight is 398 g/mol. The van der Waals surface area contributed by atoms with Crippen LogP contribution in [0, 0.1) is 0 Å². The van der Waals surface area contributed by atoms with Gasteiger partial charge in [-0.05, 0) is 56.9 Å². The van der Waals surface area contributed by atoms with Crippen molar-refractivity contribution < 1.29 is 8.42 Å². The van der Waals surface area contributed by atoms with E-state index in [4.69, 9.17) is 0 Å². The summed E-state index contributed by atoms with van der Waals surface area (Å²) in [6.45, 7) is 2.09. The number of para-hydroxylation sites is 1. The van der Waals surface area contributed by atoms with Crippen LogP contribution in [0.3, 0.4) is 0 Å². The van der Waals surface area contributed by atoms with E-state index in [-0.39, 0.29) is 10.5 Å². The molecule has 0 saturated carbocycles. The maximum Gasteiger partial charge on any atom is 0.276 e. The third kappa shape index (κ3) is 3.13. The number of nitrogens with one attached hydrogen (secondary N) is 1. The molecule has 4 rings (SSSR count). The Balaban J connectivity index is 1.68. The minimum absolute atomic E-state index is 0.0892. The fraction of sp³-hybridized carbons (Fsp3) is 0.300. The number of rotatable bonds is 5. The van der Waals surface area contributed by atoms with Gasteiger partial charge in [0, 0.05) is 24.0 Å². The van der Waals surface area contributed by atoms with Crippen LogP contribution in [0.2, 0.25) is 0 Å². The van der Waals surface area contributed by atoms with Crippen LogP contribution < -0.4 is 9.86 Å². The predicted molar refractivity (Wildman–Crippen MR) is 107 cm³/mol. The Kier molecular flexibility index (Phi) is 4.80. The molecule has 0 radical (unpaired) electrons. The van der Waals surface area contributed by atoms with Crippen molar-refractivity contribution in [3.05, 3.63) is 70.3 Å². The number of H-pyrrole nitrogens is 1. The Hall–Kier alpha value is -2.87. The first-order chi connectivity index (χ1) is 13.5. The largest absolute Gasteiger partial charge is 0.293 e. The van der Waals surface area contributed by atoms with Gasteiger partial charge in [-0.15, -0.1) is 0 Å². The van der Waals surface area contributed by atoms with Crippen LogP contribution in [0.4, 0.5) is 5.69 Å². The van der Waals surface area contributed by atoms with Gasteiger partial charge in [-0.3, -0.25) is 14.2 Å². The molecule has 0 unspecified atom stereocenters. The van der Waals surface area contributed by atoms with Crippen LogP contribution in [0.1, 0.15) is 31.0 Å². The summed E-state index contributed by atoms with van der Waals surface area (Å²) in [4.78, 5) is 16.9. The molecule has 146 valence electrons. The van der Waals surface area contributed by atoms with Gasteiger partial charge in [-0.2, -0.15) is 0 Å². The molecule has 7 nitrogen and oxygen atoms in total. The van der Waals surface area contributed by atoms with Crippen molar-refractivity contribution in [3.8, 4) is 5.82 Å². The van der Waals surface area contributed by atoms with E-state index in [9.17, 15) is 13.2 Å². The first-order valence-corrected chi connectivity index (χ1v) is 10.8. The van der Waals surface area contributed by atoms with Gasteiger partial charge < -0.3 is 0 Å². The van der Waals surface area contributed by atoms with E-state index in [1.807, 2.05) is 6.07 Å². The summed E-state index contributed by atoms with van der Waals surface area (Å²) in [6, 6.07) is 12.0. The van der Waals surface area contributed by atoms with Gasteiger partial charge in [-0.25, -0.2) is 18.1 Å². The van der Waals surface area contributed by atoms with E-state index in [1.165, 1.54) is 21.3 Å². The molecular formula is C20H22N4O3S. The molecule has 1 aliphatic rings. The predicted octanol–water partition coefficient (Wildman–Crippen LogP) is 2.65. The lowest BCUT2D eigenvalue weighted by atomic mass is 9.98. The number of fused-ring (bicyclic) bond motifs is 1. The molecule has 0 aliphatic heterocycles. The van der Waals surface area contributed by atoms with Crippen LogP contribution in [-0.4, -0.2) is 29.7 Å². The number of aromatic nitrogens is 3. The van der Waals surface area contributed by atoms with Gasteiger partial charge in [0.1, 0.15) is 4.90 Å². The molecule has 8 heteroatoms. The average Bonchev–Trinajstić information content (AvgIpc) is 3.06. The zero-order valence-electron chi connectivity index (χ0n) is 15.6. The van der Waals surface area contributed by atoms with Gasteiger partial charge in [0.25, 0.3) is 15.6 Å². The monoisotopic (exact) mass is 398 g/mol.